The second kappa shape index (κ2) is 6.51. The lowest BCUT2D eigenvalue weighted by molar-refractivity contribution is 0.144. The highest BCUT2D eigenvalue weighted by molar-refractivity contribution is 5.82. The molecule has 0 spiro atoms. The molecule has 0 bridgehead atoms. The molecule has 134 valence electrons. The number of hydrogen-bond acceptors (Lipinski definition) is 3. The summed E-state index contributed by atoms with van der Waals surface area (Å²) < 4.78 is 60.3. The molecule has 0 aliphatic carbocycles. The summed E-state index contributed by atoms with van der Waals surface area (Å²) in [4.78, 5) is 23.0. The van der Waals surface area contributed by atoms with Crippen LogP contribution in [0.1, 0.15) is 5.56 Å². The van der Waals surface area contributed by atoms with Gasteiger partial charge in [-0.25, -0.2) is 22.4 Å². The molecule has 1 aromatic heterocycles. The van der Waals surface area contributed by atoms with Crippen LogP contribution in [0.15, 0.2) is 41.3 Å². The SMILES string of the molecule is O=C(O)Oc1cn(Cc2cc(F)cc(F)c2)c2c(F)ccc(F)c2c1=O. The van der Waals surface area contributed by atoms with Gasteiger partial charge in [-0.3, -0.25) is 4.79 Å². The third-order valence-corrected chi connectivity index (χ3v) is 3.56. The number of rotatable bonds is 3. The molecule has 1 heterocycles. The van der Waals surface area contributed by atoms with Gasteiger partial charge < -0.3 is 14.4 Å². The zero-order valence-corrected chi connectivity index (χ0v) is 12.8. The van der Waals surface area contributed by atoms with Gasteiger partial charge in [-0.15, -0.1) is 0 Å². The summed E-state index contributed by atoms with van der Waals surface area (Å²) in [5, 5.41) is 7.97. The monoisotopic (exact) mass is 367 g/mol. The van der Waals surface area contributed by atoms with Crippen LogP contribution < -0.4 is 10.2 Å². The van der Waals surface area contributed by atoms with E-state index in [2.05, 4.69) is 4.74 Å². The Balaban J connectivity index is 2.29. The fourth-order valence-electron chi connectivity index (χ4n) is 2.62. The number of halogens is 4. The fourth-order valence-corrected chi connectivity index (χ4v) is 2.62. The van der Waals surface area contributed by atoms with Crippen LogP contribution in [0.4, 0.5) is 22.4 Å². The van der Waals surface area contributed by atoms with Gasteiger partial charge in [-0.1, -0.05) is 0 Å². The second-order valence-corrected chi connectivity index (χ2v) is 5.35. The minimum absolute atomic E-state index is 0.0392. The van der Waals surface area contributed by atoms with Crippen molar-refractivity contribution in [3.8, 4) is 5.75 Å². The van der Waals surface area contributed by atoms with Crippen LogP contribution in [-0.4, -0.2) is 15.8 Å². The number of pyridine rings is 1. The first-order chi connectivity index (χ1) is 12.3. The summed E-state index contributed by atoms with van der Waals surface area (Å²) in [7, 11) is 0. The van der Waals surface area contributed by atoms with Gasteiger partial charge in [0.05, 0.1) is 17.1 Å². The average Bonchev–Trinajstić information content (AvgIpc) is 2.52. The molecule has 0 saturated heterocycles. The Morgan fingerprint density at radius 2 is 1.65 bits per heavy atom. The predicted molar refractivity (Wildman–Crippen MR) is 82.2 cm³/mol. The Hall–Kier alpha value is -3.36. The summed E-state index contributed by atoms with van der Waals surface area (Å²) in [6.45, 7) is -0.373. The van der Waals surface area contributed by atoms with Crippen molar-refractivity contribution in [1.29, 1.82) is 0 Å². The quantitative estimate of drug-likeness (QED) is 0.567. The molecule has 0 aliphatic heterocycles. The Morgan fingerprint density at radius 1 is 1.04 bits per heavy atom. The summed E-state index contributed by atoms with van der Waals surface area (Å²) in [6, 6.07) is 4.03. The topological polar surface area (TPSA) is 68.5 Å². The van der Waals surface area contributed by atoms with Crippen molar-refractivity contribution in [2.24, 2.45) is 0 Å². The van der Waals surface area contributed by atoms with E-state index >= 15 is 0 Å². The highest BCUT2D eigenvalue weighted by atomic mass is 19.1. The lowest BCUT2D eigenvalue weighted by Gasteiger charge is -2.14. The van der Waals surface area contributed by atoms with E-state index < -0.39 is 51.5 Å². The Morgan fingerprint density at radius 3 is 2.27 bits per heavy atom. The standard InChI is InChI=1S/C17H9F4NO4/c18-9-3-8(4-10(19)5-9)6-22-7-13(26-17(24)25)16(23)14-11(20)1-2-12(21)15(14)22/h1-5,7H,6H2,(H,24,25). The van der Waals surface area contributed by atoms with Crippen molar-refractivity contribution in [2.75, 3.05) is 0 Å². The molecule has 3 rings (SSSR count). The first kappa shape index (κ1) is 17.5. The minimum atomic E-state index is -1.83. The zero-order chi connectivity index (χ0) is 19.0. The molecular formula is C17H9F4NO4. The molecule has 1 N–H and O–H groups in total. The summed E-state index contributed by atoms with van der Waals surface area (Å²) >= 11 is 0. The highest BCUT2D eigenvalue weighted by Crippen LogP contribution is 2.23. The molecule has 0 unspecified atom stereocenters. The van der Waals surface area contributed by atoms with Crippen LogP contribution in [0, 0.1) is 23.3 Å². The van der Waals surface area contributed by atoms with Crippen LogP contribution in [-0.2, 0) is 6.54 Å². The normalized spacial score (nSPS) is 10.9. The summed E-state index contributed by atoms with van der Waals surface area (Å²) in [5.41, 5.74) is -1.61. The first-order valence-corrected chi connectivity index (χ1v) is 7.13. The number of ether oxygens (including phenoxy) is 1. The van der Waals surface area contributed by atoms with Gasteiger partial charge in [0.2, 0.25) is 5.43 Å². The highest BCUT2D eigenvalue weighted by Gasteiger charge is 2.19. The molecule has 9 heteroatoms. The number of carbonyl (C=O) groups is 1. The molecule has 0 fully saturated rings. The fraction of sp³-hybridized carbons (Fsp3) is 0.0588. The third kappa shape index (κ3) is 3.23. The maximum absolute atomic E-state index is 14.2. The number of aromatic nitrogens is 1. The van der Waals surface area contributed by atoms with E-state index in [9.17, 15) is 27.2 Å². The summed E-state index contributed by atoms with van der Waals surface area (Å²) in [6.07, 6.45) is -0.994. The second-order valence-electron chi connectivity index (χ2n) is 5.35. The maximum Gasteiger partial charge on any atom is 0.511 e. The molecule has 26 heavy (non-hydrogen) atoms. The number of carboxylic acid groups (broad SMARTS) is 1. The van der Waals surface area contributed by atoms with Crippen molar-refractivity contribution in [2.45, 2.75) is 6.54 Å². The van der Waals surface area contributed by atoms with Gasteiger partial charge in [0.15, 0.2) is 5.75 Å². The lowest BCUT2D eigenvalue weighted by Crippen LogP contribution is -2.18. The summed E-state index contributed by atoms with van der Waals surface area (Å²) in [5.74, 6) is -4.62. The molecule has 0 atom stereocenters. The zero-order valence-electron chi connectivity index (χ0n) is 12.8. The molecule has 0 radical (unpaired) electrons. The van der Waals surface area contributed by atoms with Crippen molar-refractivity contribution >= 4 is 17.1 Å². The molecule has 3 aromatic rings. The Bertz CT molecular complexity index is 1070. The molecular weight excluding hydrogens is 358 g/mol. The molecule has 0 saturated carbocycles. The van der Waals surface area contributed by atoms with E-state index in [0.717, 1.165) is 29.0 Å². The van der Waals surface area contributed by atoms with Gasteiger partial charge in [0.1, 0.15) is 23.3 Å². The average molecular weight is 367 g/mol. The predicted octanol–water partition coefficient (Wildman–Crippen LogP) is 3.66. The van der Waals surface area contributed by atoms with Gasteiger partial charge in [0.25, 0.3) is 0 Å². The van der Waals surface area contributed by atoms with E-state index in [4.69, 9.17) is 5.11 Å². The Kier molecular flexibility index (Phi) is 4.37. The molecule has 5 nitrogen and oxygen atoms in total. The van der Waals surface area contributed by atoms with Crippen LogP contribution in [0.25, 0.3) is 10.9 Å². The van der Waals surface area contributed by atoms with E-state index in [1.54, 1.807) is 0 Å². The van der Waals surface area contributed by atoms with Crippen LogP contribution >= 0.6 is 0 Å². The maximum atomic E-state index is 14.2. The van der Waals surface area contributed by atoms with E-state index in [1.165, 1.54) is 0 Å². The van der Waals surface area contributed by atoms with Gasteiger partial charge in [-0.2, -0.15) is 0 Å². The number of fused-ring (bicyclic) bond motifs is 1. The third-order valence-electron chi connectivity index (χ3n) is 3.56. The Labute approximate surface area is 142 Å². The van der Waals surface area contributed by atoms with Crippen molar-refractivity contribution in [3.05, 3.63) is 75.6 Å². The van der Waals surface area contributed by atoms with Crippen molar-refractivity contribution in [3.63, 3.8) is 0 Å². The number of hydrogen-bond donors (Lipinski definition) is 1. The molecule has 0 amide bonds. The number of benzene rings is 2. The van der Waals surface area contributed by atoms with E-state index in [1.807, 2.05) is 0 Å². The largest absolute Gasteiger partial charge is 0.511 e. The molecule has 2 aromatic carbocycles. The van der Waals surface area contributed by atoms with E-state index in [0.29, 0.717) is 12.1 Å². The molecule has 0 aliphatic rings. The van der Waals surface area contributed by atoms with Crippen LogP contribution in [0.2, 0.25) is 0 Å². The minimum Gasteiger partial charge on any atom is -0.449 e. The van der Waals surface area contributed by atoms with Crippen molar-refractivity contribution in [1.82, 2.24) is 4.57 Å². The van der Waals surface area contributed by atoms with Gasteiger partial charge in [0, 0.05) is 12.6 Å². The number of nitrogens with zero attached hydrogens (tertiary/aromatic N) is 1. The van der Waals surface area contributed by atoms with Crippen LogP contribution in [0.3, 0.4) is 0 Å². The van der Waals surface area contributed by atoms with Crippen LogP contribution in [0.5, 0.6) is 5.75 Å². The van der Waals surface area contributed by atoms with Gasteiger partial charge >= 0.3 is 6.16 Å². The van der Waals surface area contributed by atoms with Gasteiger partial charge in [-0.05, 0) is 29.8 Å². The first-order valence-electron chi connectivity index (χ1n) is 7.13. The lowest BCUT2D eigenvalue weighted by atomic mass is 10.1. The van der Waals surface area contributed by atoms with Crippen molar-refractivity contribution < 1.29 is 32.2 Å². The smallest absolute Gasteiger partial charge is 0.449 e. The van der Waals surface area contributed by atoms with E-state index in [-0.39, 0.29) is 12.1 Å².